The second-order valence-electron chi connectivity index (χ2n) is 13.4. The summed E-state index contributed by atoms with van der Waals surface area (Å²) in [4.78, 5) is 54.9. The van der Waals surface area contributed by atoms with Gasteiger partial charge in [0.25, 0.3) is 0 Å². The van der Waals surface area contributed by atoms with Gasteiger partial charge >= 0.3 is 0 Å². The monoisotopic (exact) mass is 786 g/mol. The van der Waals surface area contributed by atoms with Gasteiger partial charge in [0, 0.05) is 63.6 Å². The molecule has 0 radical (unpaired) electrons. The molecule has 58 heavy (non-hydrogen) atoms. The number of nitrogens with zero attached hydrogens (tertiary/aromatic N) is 2. The Kier molecular flexibility index (Phi) is 17.9. The molecule has 0 atom stereocenters. The maximum Gasteiger partial charge on any atom is 0.246 e. The normalized spacial score (nSPS) is 11.4. The Morgan fingerprint density at radius 1 is 0.431 bits per heavy atom. The Labute approximate surface area is 338 Å². The van der Waals surface area contributed by atoms with Gasteiger partial charge in [0.1, 0.15) is 23.0 Å². The van der Waals surface area contributed by atoms with E-state index < -0.39 is 0 Å². The maximum atomic E-state index is 13.4. The van der Waals surface area contributed by atoms with Crippen molar-refractivity contribution < 1.29 is 39.6 Å². The molecule has 4 aromatic rings. The molecule has 0 saturated heterocycles. The molecule has 0 aromatic heterocycles. The SMILES string of the molecule is O=C(/C=C/c1cccc(O)c1)NCCCN(CCCCN(CCCNC(=O)/C=C/c1cccc(O)c1)C(=O)/C=C/c1cccc(O)c1)C(=O)/C=C/c1cccc(O)c1. The molecule has 4 rings (SSSR count). The Bertz CT molecular complexity index is 1960. The van der Waals surface area contributed by atoms with Crippen LogP contribution in [-0.2, 0) is 19.2 Å². The Morgan fingerprint density at radius 2 is 0.724 bits per heavy atom. The summed E-state index contributed by atoms with van der Waals surface area (Å²) in [5.74, 6) is -0.729. The number of amides is 4. The highest BCUT2D eigenvalue weighted by atomic mass is 16.3. The van der Waals surface area contributed by atoms with E-state index in [9.17, 15) is 39.6 Å². The number of unbranched alkanes of at least 4 members (excludes halogenated alkanes) is 1. The van der Waals surface area contributed by atoms with Crippen molar-refractivity contribution in [1.29, 1.82) is 0 Å². The van der Waals surface area contributed by atoms with Crippen molar-refractivity contribution in [3.63, 3.8) is 0 Å². The smallest absolute Gasteiger partial charge is 0.246 e. The second-order valence-corrected chi connectivity index (χ2v) is 13.4. The fraction of sp³-hybridized carbons (Fsp3) is 0.217. The maximum absolute atomic E-state index is 13.4. The fourth-order valence-corrected chi connectivity index (χ4v) is 5.75. The molecule has 12 heteroatoms. The van der Waals surface area contributed by atoms with E-state index in [1.165, 1.54) is 24.3 Å². The van der Waals surface area contributed by atoms with Gasteiger partial charge in [-0.3, -0.25) is 19.2 Å². The van der Waals surface area contributed by atoms with Gasteiger partial charge in [0.2, 0.25) is 23.6 Å². The summed E-state index contributed by atoms with van der Waals surface area (Å²) in [6, 6.07) is 26.2. The molecule has 12 nitrogen and oxygen atoms in total. The highest BCUT2D eigenvalue weighted by Crippen LogP contribution is 2.15. The molecule has 0 aliphatic heterocycles. The van der Waals surface area contributed by atoms with Crippen LogP contribution in [0.4, 0.5) is 0 Å². The van der Waals surface area contributed by atoms with Gasteiger partial charge in [-0.2, -0.15) is 0 Å². The van der Waals surface area contributed by atoms with Gasteiger partial charge in [0.15, 0.2) is 0 Å². The minimum atomic E-state index is -0.308. The van der Waals surface area contributed by atoms with Crippen LogP contribution in [-0.4, -0.2) is 93.1 Å². The highest BCUT2D eigenvalue weighted by Gasteiger charge is 2.14. The molecule has 6 N–H and O–H groups in total. The number of carbonyl (C=O) groups excluding carboxylic acids is 4. The van der Waals surface area contributed by atoms with Crippen LogP contribution < -0.4 is 10.6 Å². The largest absolute Gasteiger partial charge is 0.508 e. The molecule has 0 heterocycles. The van der Waals surface area contributed by atoms with Crippen LogP contribution >= 0.6 is 0 Å². The van der Waals surface area contributed by atoms with Gasteiger partial charge < -0.3 is 40.9 Å². The zero-order valence-corrected chi connectivity index (χ0v) is 32.2. The molecule has 0 bridgehead atoms. The molecule has 302 valence electrons. The lowest BCUT2D eigenvalue weighted by Crippen LogP contribution is -2.36. The zero-order valence-electron chi connectivity index (χ0n) is 32.2. The summed E-state index contributed by atoms with van der Waals surface area (Å²) in [5.41, 5.74) is 2.69. The number of benzene rings is 4. The summed E-state index contributed by atoms with van der Waals surface area (Å²) >= 11 is 0. The third-order valence-electron chi connectivity index (χ3n) is 8.71. The van der Waals surface area contributed by atoms with Gasteiger partial charge in [0.05, 0.1) is 0 Å². The summed E-state index contributed by atoms with van der Waals surface area (Å²) in [6.07, 6.45) is 14.2. The molecule has 0 fully saturated rings. The second kappa shape index (κ2) is 23.8. The Morgan fingerprint density at radius 3 is 1.03 bits per heavy atom. The fourth-order valence-electron chi connectivity index (χ4n) is 5.75. The van der Waals surface area contributed by atoms with E-state index in [-0.39, 0.29) is 46.6 Å². The van der Waals surface area contributed by atoms with Crippen LogP contribution in [0, 0.1) is 0 Å². The first-order valence-corrected chi connectivity index (χ1v) is 19.1. The summed E-state index contributed by atoms with van der Waals surface area (Å²) < 4.78 is 0. The Balaban J connectivity index is 1.33. The molecule has 0 saturated carbocycles. The van der Waals surface area contributed by atoms with Crippen molar-refractivity contribution >= 4 is 47.9 Å². The van der Waals surface area contributed by atoms with Crippen LogP contribution in [0.1, 0.15) is 47.9 Å². The van der Waals surface area contributed by atoms with E-state index >= 15 is 0 Å². The summed E-state index contributed by atoms with van der Waals surface area (Å²) in [7, 11) is 0. The third-order valence-corrected chi connectivity index (χ3v) is 8.71. The molecule has 0 unspecified atom stereocenters. The van der Waals surface area contributed by atoms with E-state index in [0.29, 0.717) is 87.2 Å². The number of aromatic hydroxyl groups is 4. The molecule has 0 aliphatic carbocycles. The molecular formula is C46H50N4O8. The number of rotatable bonds is 21. The standard InChI is InChI=1S/C46H50N4O8/c51-39-13-3-9-35(31-39)17-21-43(55)47-25-7-29-49(45(57)23-19-37-11-5-15-41(53)33-37)27-1-2-28-50(46(58)24-20-38-12-6-16-42(54)34-38)30-8-26-48-44(56)22-18-36-10-4-14-40(52)32-36/h3-6,9-24,31-34,51-54H,1-2,7-8,25-30H2,(H,47,55)(H,48,56)/b21-17+,22-18+,23-19+,24-20+. The van der Waals surface area contributed by atoms with Crippen LogP contribution in [0.2, 0.25) is 0 Å². The lowest BCUT2D eigenvalue weighted by Gasteiger charge is -2.24. The van der Waals surface area contributed by atoms with Crippen molar-refractivity contribution in [1.82, 2.24) is 20.4 Å². The minimum Gasteiger partial charge on any atom is -0.508 e. The lowest BCUT2D eigenvalue weighted by atomic mass is 10.2. The van der Waals surface area contributed by atoms with E-state index in [2.05, 4.69) is 10.6 Å². The highest BCUT2D eigenvalue weighted by molar-refractivity contribution is 5.93. The van der Waals surface area contributed by atoms with Gasteiger partial charge in [-0.1, -0.05) is 48.5 Å². The van der Waals surface area contributed by atoms with Crippen molar-refractivity contribution in [3.8, 4) is 23.0 Å². The van der Waals surface area contributed by atoms with Gasteiger partial charge in [-0.25, -0.2) is 0 Å². The van der Waals surface area contributed by atoms with Crippen molar-refractivity contribution in [2.45, 2.75) is 25.7 Å². The molecule has 4 aromatic carbocycles. The van der Waals surface area contributed by atoms with Crippen molar-refractivity contribution in [2.75, 3.05) is 39.3 Å². The number of phenols is 4. The van der Waals surface area contributed by atoms with E-state index in [0.717, 1.165) is 0 Å². The van der Waals surface area contributed by atoms with Crippen LogP contribution in [0.25, 0.3) is 24.3 Å². The first-order chi connectivity index (χ1) is 28.0. The van der Waals surface area contributed by atoms with Crippen LogP contribution in [0.3, 0.4) is 0 Å². The zero-order chi connectivity index (χ0) is 41.5. The topological polar surface area (TPSA) is 180 Å². The van der Waals surface area contributed by atoms with Crippen molar-refractivity contribution in [2.24, 2.45) is 0 Å². The van der Waals surface area contributed by atoms with Gasteiger partial charge in [-0.05, 0) is 121 Å². The first-order valence-electron chi connectivity index (χ1n) is 19.1. The van der Waals surface area contributed by atoms with Crippen LogP contribution in [0.15, 0.2) is 121 Å². The number of hydrogen-bond donors (Lipinski definition) is 6. The lowest BCUT2D eigenvalue weighted by molar-refractivity contribution is -0.127. The number of carbonyl (C=O) groups is 4. The molecule has 0 aliphatic rings. The van der Waals surface area contributed by atoms with E-state index in [1.807, 2.05) is 0 Å². The number of phenolic OH excluding ortho intramolecular Hbond substituents is 4. The summed E-state index contributed by atoms with van der Waals surface area (Å²) in [6.45, 7) is 2.12. The van der Waals surface area contributed by atoms with Gasteiger partial charge in [-0.15, -0.1) is 0 Å². The quantitative estimate of drug-likeness (QED) is 0.0433. The number of hydrogen-bond acceptors (Lipinski definition) is 8. The Hall–Kier alpha value is -7.08. The molecule has 0 spiro atoms. The van der Waals surface area contributed by atoms with E-state index in [4.69, 9.17) is 0 Å². The average Bonchev–Trinajstić information content (AvgIpc) is 3.20. The molecule has 4 amide bonds. The predicted molar refractivity (Wildman–Crippen MR) is 226 cm³/mol. The third kappa shape index (κ3) is 16.7. The average molecular weight is 787 g/mol. The minimum absolute atomic E-state index is 0.0837. The van der Waals surface area contributed by atoms with Crippen LogP contribution in [0.5, 0.6) is 23.0 Å². The predicted octanol–water partition coefficient (Wildman–Crippen LogP) is 6.11. The van der Waals surface area contributed by atoms with E-state index in [1.54, 1.807) is 131 Å². The van der Waals surface area contributed by atoms with Crippen molar-refractivity contribution in [3.05, 3.63) is 144 Å². The first kappa shape index (κ1) is 43.6. The summed E-state index contributed by atoms with van der Waals surface area (Å²) in [5, 5.41) is 44.6. The molecular weight excluding hydrogens is 737 g/mol. The number of nitrogens with one attached hydrogen (secondary N) is 2.